The number of hydrogen-bond donors (Lipinski definition) is 1. The minimum absolute atomic E-state index is 0.0259. The fourth-order valence-corrected chi connectivity index (χ4v) is 5.06. The Balaban J connectivity index is 1.38. The average Bonchev–Trinajstić information content (AvgIpc) is 3.09. The zero-order chi connectivity index (χ0) is 22.7. The molecule has 0 radical (unpaired) electrons. The fraction of sp³-hybridized carbons (Fsp3) is 0.333. The van der Waals surface area contributed by atoms with Crippen molar-refractivity contribution in [3.05, 3.63) is 75.0 Å². The van der Waals surface area contributed by atoms with Gasteiger partial charge in [-0.05, 0) is 49.7 Å². The Morgan fingerprint density at radius 1 is 1.03 bits per heavy atom. The van der Waals surface area contributed by atoms with Gasteiger partial charge in [0.25, 0.3) is 0 Å². The molecule has 32 heavy (non-hydrogen) atoms. The van der Waals surface area contributed by atoms with E-state index in [1.807, 2.05) is 31.7 Å². The van der Waals surface area contributed by atoms with Gasteiger partial charge in [0, 0.05) is 48.1 Å². The SMILES string of the molecule is Cc1nn(-c2ccc(Cl)c(Cl)c2)c(C)c1CC(=O)NCc1ccc(N2CCSCC2)cc1. The van der Waals surface area contributed by atoms with Crippen molar-refractivity contribution in [2.75, 3.05) is 29.5 Å². The lowest BCUT2D eigenvalue weighted by molar-refractivity contribution is -0.120. The molecule has 1 aliphatic rings. The Morgan fingerprint density at radius 2 is 1.72 bits per heavy atom. The van der Waals surface area contributed by atoms with Crippen LogP contribution in [0.3, 0.4) is 0 Å². The molecule has 168 valence electrons. The third kappa shape index (κ3) is 5.25. The number of carbonyl (C=O) groups is 1. The van der Waals surface area contributed by atoms with Gasteiger partial charge in [-0.25, -0.2) is 4.68 Å². The van der Waals surface area contributed by atoms with Gasteiger partial charge in [0.15, 0.2) is 0 Å². The number of thioether (sulfide) groups is 1. The molecule has 0 atom stereocenters. The quantitative estimate of drug-likeness (QED) is 0.517. The van der Waals surface area contributed by atoms with Crippen LogP contribution in [0.4, 0.5) is 5.69 Å². The van der Waals surface area contributed by atoms with E-state index < -0.39 is 0 Å². The van der Waals surface area contributed by atoms with Crippen molar-refractivity contribution in [2.45, 2.75) is 26.8 Å². The minimum Gasteiger partial charge on any atom is -0.370 e. The second-order valence-electron chi connectivity index (χ2n) is 7.88. The summed E-state index contributed by atoms with van der Waals surface area (Å²) in [6.45, 7) is 6.57. The first-order valence-electron chi connectivity index (χ1n) is 10.6. The topological polar surface area (TPSA) is 50.2 Å². The molecule has 1 amide bonds. The summed E-state index contributed by atoms with van der Waals surface area (Å²) in [4.78, 5) is 15.1. The summed E-state index contributed by atoms with van der Waals surface area (Å²) in [6, 6.07) is 13.9. The van der Waals surface area contributed by atoms with Crippen molar-refractivity contribution in [3.8, 4) is 5.69 Å². The lowest BCUT2D eigenvalue weighted by Crippen LogP contribution is -2.32. The van der Waals surface area contributed by atoms with Crippen LogP contribution in [-0.4, -0.2) is 40.3 Å². The number of rotatable bonds is 6. The Bertz CT molecular complexity index is 1110. The highest BCUT2D eigenvalue weighted by atomic mass is 35.5. The third-order valence-corrected chi connectivity index (χ3v) is 7.41. The highest BCUT2D eigenvalue weighted by Gasteiger charge is 2.17. The highest BCUT2D eigenvalue weighted by molar-refractivity contribution is 7.99. The van der Waals surface area contributed by atoms with E-state index in [-0.39, 0.29) is 12.3 Å². The maximum Gasteiger partial charge on any atom is 0.224 e. The van der Waals surface area contributed by atoms with Gasteiger partial charge in [0.2, 0.25) is 5.91 Å². The largest absolute Gasteiger partial charge is 0.370 e. The van der Waals surface area contributed by atoms with E-state index in [4.69, 9.17) is 23.2 Å². The molecule has 1 aliphatic heterocycles. The van der Waals surface area contributed by atoms with Gasteiger partial charge in [0.05, 0.1) is 27.8 Å². The Labute approximate surface area is 203 Å². The molecule has 0 aliphatic carbocycles. The van der Waals surface area contributed by atoms with Gasteiger partial charge >= 0.3 is 0 Å². The van der Waals surface area contributed by atoms with Crippen LogP contribution in [0.2, 0.25) is 10.0 Å². The van der Waals surface area contributed by atoms with Crippen LogP contribution in [0.15, 0.2) is 42.5 Å². The summed E-state index contributed by atoms with van der Waals surface area (Å²) in [7, 11) is 0. The molecule has 0 saturated carbocycles. The number of aryl methyl sites for hydroxylation is 1. The molecule has 1 aromatic heterocycles. The first-order chi connectivity index (χ1) is 15.4. The summed E-state index contributed by atoms with van der Waals surface area (Å²) < 4.78 is 1.80. The van der Waals surface area contributed by atoms with Gasteiger partial charge in [0.1, 0.15) is 0 Å². The van der Waals surface area contributed by atoms with Crippen LogP contribution >= 0.6 is 35.0 Å². The number of carbonyl (C=O) groups excluding carboxylic acids is 1. The van der Waals surface area contributed by atoms with Crippen molar-refractivity contribution >= 4 is 46.6 Å². The average molecular weight is 489 g/mol. The molecule has 8 heteroatoms. The lowest BCUT2D eigenvalue weighted by atomic mass is 10.1. The molecule has 1 fully saturated rings. The molecule has 0 spiro atoms. The smallest absolute Gasteiger partial charge is 0.224 e. The zero-order valence-corrected chi connectivity index (χ0v) is 20.5. The molecule has 3 aromatic rings. The Hall–Kier alpha value is -2.15. The number of aromatic nitrogens is 2. The van der Waals surface area contributed by atoms with Crippen LogP contribution in [-0.2, 0) is 17.8 Å². The predicted octanol–water partition coefficient (Wildman–Crippen LogP) is 5.21. The van der Waals surface area contributed by atoms with Gasteiger partial charge in [-0.3, -0.25) is 4.79 Å². The molecular weight excluding hydrogens is 463 g/mol. The van der Waals surface area contributed by atoms with Crippen molar-refractivity contribution < 1.29 is 4.79 Å². The molecule has 0 unspecified atom stereocenters. The normalized spacial score (nSPS) is 13.9. The summed E-state index contributed by atoms with van der Waals surface area (Å²) in [6.07, 6.45) is 0.280. The molecule has 2 aromatic carbocycles. The first-order valence-corrected chi connectivity index (χ1v) is 12.5. The van der Waals surface area contributed by atoms with E-state index in [2.05, 4.69) is 39.6 Å². The fourth-order valence-electron chi connectivity index (χ4n) is 3.87. The van der Waals surface area contributed by atoms with E-state index in [1.165, 1.54) is 17.2 Å². The lowest BCUT2D eigenvalue weighted by Gasteiger charge is -2.28. The van der Waals surface area contributed by atoms with E-state index in [9.17, 15) is 4.79 Å². The summed E-state index contributed by atoms with van der Waals surface area (Å²) in [5, 5.41) is 8.61. The van der Waals surface area contributed by atoms with Crippen molar-refractivity contribution in [2.24, 2.45) is 0 Å². The molecule has 2 heterocycles. The maximum absolute atomic E-state index is 12.7. The minimum atomic E-state index is -0.0259. The number of benzene rings is 2. The second kappa shape index (κ2) is 10.2. The van der Waals surface area contributed by atoms with Crippen molar-refractivity contribution in [1.29, 1.82) is 0 Å². The molecule has 1 saturated heterocycles. The predicted molar refractivity (Wildman–Crippen MR) is 135 cm³/mol. The van der Waals surface area contributed by atoms with E-state index in [0.717, 1.165) is 41.3 Å². The van der Waals surface area contributed by atoms with Gasteiger partial charge in [-0.15, -0.1) is 0 Å². The Morgan fingerprint density at radius 3 is 2.41 bits per heavy atom. The molecular formula is C24H26Cl2N4OS. The van der Waals surface area contributed by atoms with Crippen LogP contribution in [0, 0.1) is 13.8 Å². The highest BCUT2D eigenvalue weighted by Crippen LogP contribution is 2.26. The maximum atomic E-state index is 12.7. The number of anilines is 1. The standard InChI is InChI=1S/C24H26Cl2N4OS/c1-16-21(17(2)30(28-16)20-7-8-22(25)23(26)13-20)14-24(31)27-15-18-3-5-19(6-4-18)29-9-11-32-12-10-29/h3-8,13H,9-12,14-15H2,1-2H3,(H,27,31). The summed E-state index contributed by atoms with van der Waals surface area (Å²) in [5.74, 6) is 2.33. The summed E-state index contributed by atoms with van der Waals surface area (Å²) in [5.41, 5.74) is 5.83. The van der Waals surface area contributed by atoms with Crippen LogP contribution in [0.5, 0.6) is 0 Å². The third-order valence-electron chi connectivity index (χ3n) is 5.73. The van der Waals surface area contributed by atoms with Gasteiger partial charge in [-0.1, -0.05) is 35.3 Å². The number of nitrogens with one attached hydrogen (secondary N) is 1. The molecule has 0 bridgehead atoms. The second-order valence-corrected chi connectivity index (χ2v) is 9.92. The van der Waals surface area contributed by atoms with Crippen LogP contribution < -0.4 is 10.2 Å². The van der Waals surface area contributed by atoms with E-state index >= 15 is 0 Å². The van der Waals surface area contributed by atoms with Gasteiger partial charge in [-0.2, -0.15) is 16.9 Å². The van der Waals surface area contributed by atoms with Crippen LogP contribution in [0.1, 0.15) is 22.5 Å². The first kappa shape index (κ1) is 23.0. The van der Waals surface area contributed by atoms with Crippen LogP contribution in [0.25, 0.3) is 5.69 Å². The van der Waals surface area contributed by atoms with Crippen molar-refractivity contribution in [3.63, 3.8) is 0 Å². The Kier molecular flexibility index (Phi) is 7.33. The van der Waals surface area contributed by atoms with Crippen molar-refractivity contribution in [1.82, 2.24) is 15.1 Å². The monoisotopic (exact) mass is 488 g/mol. The number of hydrogen-bond acceptors (Lipinski definition) is 4. The molecule has 5 nitrogen and oxygen atoms in total. The number of halogens is 2. The molecule has 4 rings (SSSR count). The van der Waals surface area contributed by atoms with Gasteiger partial charge < -0.3 is 10.2 Å². The number of amides is 1. The van der Waals surface area contributed by atoms with E-state index in [1.54, 1.807) is 16.8 Å². The summed E-state index contributed by atoms with van der Waals surface area (Å²) >= 11 is 14.2. The van der Waals surface area contributed by atoms with E-state index in [0.29, 0.717) is 16.6 Å². The zero-order valence-electron chi connectivity index (χ0n) is 18.2. The number of nitrogens with zero attached hydrogens (tertiary/aromatic N) is 3. The molecule has 1 N–H and O–H groups in total.